The quantitative estimate of drug-likeness (QED) is 0.842. The van der Waals surface area contributed by atoms with Gasteiger partial charge in [0.1, 0.15) is 5.82 Å². The van der Waals surface area contributed by atoms with Crippen LogP contribution in [0.1, 0.15) is 31.1 Å². The molecule has 0 aromatic carbocycles. The fraction of sp³-hybridized carbons (Fsp3) is 0.538. The summed E-state index contributed by atoms with van der Waals surface area (Å²) in [7, 11) is 1.72. The highest BCUT2D eigenvalue weighted by Crippen LogP contribution is 2.19. The third-order valence-corrected chi connectivity index (χ3v) is 2.84. The lowest BCUT2D eigenvalue weighted by Gasteiger charge is -2.24. The molecule has 0 aliphatic rings. The first-order valence-corrected chi connectivity index (χ1v) is 6.53. The minimum atomic E-state index is -0.396. The van der Waals surface area contributed by atoms with E-state index in [1.165, 1.54) is 6.20 Å². The van der Waals surface area contributed by atoms with Crippen molar-refractivity contribution in [1.82, 2.24) is 10.3 Å². The molecule has 1 heterocycles. The second kappa shape index (κ2) is 6.73. The fourth-order valence-corrected chi connectivity index (χ4v) is 1.84. The van der Waals surface area contributed by atoms with Gasteiger partial charge in [0.2, 0.25) is 0 Å². The molecule has 19 heavy (non-hydrogen) atoms. The van der Waals surface area contributed by atoms with Gasteiger partial charge in [-0.1, -0.05) is 11.6 Å². The Labute approximate surface area is 118 Å². The normalized spacial score (nSPS) is 11.2. The van der Waals surface area contributed by atoms with E-state index in [0.717, 1.165) is 0 Å². The molecule has 0 saturated carbocycles. The highest BCUT2D eigenvalue weighted by Gasteiger charge is 2.19. The van der Waals surface area contributed by atoms with Gasteiger partial charge in [0.15, 0.2) is 0 Å². The summed E-state index contributed by atoms with van der Waals surface area (Å²) in [4.78, 5) is 16.0. The first-order valence-electron chi connectivity index (χ1n) is 6.15. The lowest BCUT2D eigenvalue weighted by molar-refractivity contribution is -0.00815. The van der Waals surface area contributed by atoms with Crippen molar-refractivity contribution < 1.29 is 9.53 Å². The average Bonchev–Trinajstić information content (AvgIpc) is 2.36. The number of carbonyl (C=O) groups is 1. The van der Waals surface area contributed by atoms with E-state index in [4.69, 9.17) is 16.3 Å². The zero-order valence-electron chi connectivity index (χ0n) is 11.7. The van der Waals surface area contributed by atoms with E-state index in [-0.39, 0.29) is 5.91 Å². The third-order valence-electron chi connectivity index (χ3n) is 2.55. The van der Waals surface area contributed by atoms with Gasteiger partial charge in [-0.15, -0.1) is 0 Å². The van der Waals surface area contributed by atoms with Gasteiger partial charge in [-0.05, 0) is 26.8 Å². The Morgan fingerprint density at radius 1 is 1.53 bits per heavy atom. The molecule has 0 spiro atoms. The van der Waals surface area contributed by atoms with E-state index >= 15 is 0 Å². The van der Waals surface area contributed by atoms with E-state index in [0.29, 0.717) is 29.6 Å². The number of ether oxygens (including phenoxy) is 1. The summed E-state index contributed by atoms with van der Waals surface area (Å²) in [6.07, 6.45) is 1.49. The van der Waals surface area contributed by atoms with Crippen LogP contribution in [0.2, 0.25) is 5.02 Å². The second-order valence-electron chi connectivity index (χ2n) is 4.68. The number of anilines is 1. The number of amides is 1. The summed E-state index contributed by atoms with van der Waals surface area (Å²) in [5.41, 5.74) is 0.0308. The molecule has 0 unspecified atom stereocenters. The molecule has 0 saturated heterocycles. The topological polar surface area (TPSA) is 63.2 Å². The Kier molecular flexibility index (Phi) is 5.57. The maximum Gasteiger partial charge on any atom is 0.253 e. The first-order chi connectivity index (χ1) is 8.89. The number of carbonyl (C=O) groups excluding carboxylic acids is 1. The zero-order chi connectivity index (χ0) is 14.5. The molecule has 1 rings (SSSR count). The molecule has 0 aliphatic heterocycles. The van der Waals surface area contributed by atoms with Crippen molar-refractivity contribution in [2.75, 3.05) is 25.5 Å². The van der Waals surface area contributed by atoms with Crippen LogP contribution in [-0.4, -0.2) is 36.7 Å². The Morgan fingerprint density at radius 3 is 2.74 bits per heavy atom. The molecule has 5 nitrogen and oxygen atoms in total. The molecule has 6 heteroatoms. The Hall–Kier alpha value is -1.33. The molecule has 2 N–H and O–H groups in total. The summed E-state index contributed by atoms with van der Waals surface area (Å²) < 4.78 is 5.51. The number of aromatic nitrogens is 1. The van der Waals surface area contributed by atoms with Gasteiger partial charge in [0.05, 0.1) is 16.2 Å². The highest BCUT2D eigenvalue weighted by molar-refractivity contribution is 6.33. The van der Waals surface area contributed by atoms with Gasteiger partial charge < -0.3 is 15.4 Å². The molecule has 0 aliphatic carbocycles. The van der Waals surface area contributed by atoms with Gasteiger partial charge in [-0.3, -0.25) is 4.79 Å². The number of halogens is 1. The molecule has 106 valence electrons. The number of nitrogens with one attached hydrogen (secondary N) is 2. The highest BCUT2D eigenvalue weighted by atomic mass is 35.5. The van der Waals surface area contributed by atoms with Gasteiger partial charge in [-0.2, -0.15) is 0 Å². The molecule has 1 amide bonds. The summed E-state index contributed by atoms with van der Waals surface area (Å²) in [5, 5.41) is 6.06. The maximum atomic E-state index is 12.0. The van der Waals surface area contributed by atoms with Crippen molar-refractivity contribution in [2.45, 2.75) is 26.4 Å². The minimum Gasteiger partial charge on any atom is -0.374 e. The minimum absolute atomic E-state index is 0.218. The molecule has 0 fully saturated rings. The van der Waals surface area contributed by atoms with Crippen LogP contribution < -0.4 is 10.6 Å². The van der Waals surface area contributed by atoms with E-state index < -0.39 is 5.60 Å². The molecule has 0 radical (unpaired) electrons. The lowest BCUT2D eigenvalue weighted by atomic mass is 10.1. The van der Waals surface area contributed by atoms with Crippen LogP contribution in [0, 0.1) is 0 Å². The Bertz CT molecular complexity index is 450. The lowest BCUT2D eigenvalue weighted by Crippen LogP contribution is -2.40. The van der Waals surface area contributed by atoms with E-state index in [2.05, 4.69) is 15.6 Å². The van der Waals surface area contributed by atoms with Crippen molar-refractivity contribution in [1.29, 1.82) is 0 Å². The van der Waals surface area contributed by atoms with E-state index in [1.54, 1.807) is 13.1 Å². The smallest absolute Gasteiger partial charge is 0.253 e. The first kappa shape index (κ1) is 15.7. The van der Waals surface area contributed by atoms with Crippen LogP contribution in [0.15, 0.2) is 12.3 Å². The number of pyridine rings is 1. The van der Waals surface area contributed by atoms with Crippen LogP contribution in [-0.2, 0) is 4.74 Å². The number of hydrogen-bond acceptors (Lipinski definition) is 4. The van der Waals surface area contributed by atoms with Gasteiger partial charge >= 0.3 is 0 Å². The van der Waals surface area contributed by atoms with Crippen molar-refractivity contribution in [2.24, 2.45) is 0 Å². The number of rotatable bonds is 6. The third kappa shape index (κ3) is 4.69. The predicted octanol–water partition coefficient (Wildman–Crippen LogP) is 2.32. The van der Waals surface area contributed by atoms with Crippen LogP contribution >= 0.6 is 11.6 Å². The van der Waals surface area contributed by atoms with Crippen LogP contribution in [0.25, 0.3) is 0 Å². The monoisotopic (exact) mass is 285 g/mol. The molecule has 1 aromatic rings. The van der Waals surface area contributed by atoms with Crippen molar-refractivity contribution in [3.63, 3.8) is 0 Å². The Balaban J connectivity index is 2.66. The second-order valence-corrected chi connectivity index (χ2v) is 5.09. The fourth-order valence-electron chi connectivity index (χ4n) is 1.58. The van der Waals surface area contributed by atoms with Crippen LogP contribution in [0.5, 0.6) is 0 Å². The van der Waals surface area contributed by atoms with Crippen LogP contribution in [0.4, 0.5) is 5.82 Å². The van der Waals surface area contributed by atoms with Gasteiger partial charge in [0.25, 0.3) is 5.91 Å². The van der Waals surface area contributed by atoms with Crippen LogP contribution in [0.3, 0.4) is 0 Å². The SMILES string of the molecule is CCOC(C)(C)CNC(=O)c1cnc(NC)c(Cl)c1. The summed E-state index contributed by atoms with van der Waals surface area (Å²) >= 11 is 5.98. The van der Waals surface area contributed by atoms with Gasteiger partial charge in [-0.25, -0.2) is 4.98 Å². The Morgan fingerprint density at radius 2 is 2.21 bits per heavy atom. The molecule has 1 aromatic heterocycles. The van der Waals surface area contributed by atoms with Gasteiger partial charge in [0, 0.05) is 26.4 Å². The zero-order valence-corrected chi connectivity index (χ0v) is 12.5. The molecule has 0 atom stereocenters. The summed E-state index contributed by atoms with van der Waals surface area (Å²) in [6, 6.07) is 1.59. The van der Waals surface area contributed by atoms with Crippen molar-refractivity contribution >= 4 is 23.3 Å². The average molecular weight is 286 g/mol. The summed E-state index contributed by atoms with van der Waals surface area (Å²) in [6.45, 7) is 6.79. The largest absolute Gasteiger partial charge is 0.374 e. The summed E-state index contributed by atoms with van der Waals surface area (Å²) in [5.74, 6) is 0.331. The molecular formula is C13H20ClN3O2. The standard InChI is InChI=1S/C13H20ClN3O2/c1-5-19-13(2,3)8-17-12(18)9-6-10(14)11(15-4)16-7-9/h6-7H,5,8H2,1-4H3,(H,15,16)(H,17,18). The molecule has 0 bridgehead atoms. The van der Waals surface area contributed by atoms with E-state index in [1.807, 2.05) is 20.8 Å². The molecular weight excluding hydrogens is 266 g/mol. The number of nitrogens with zero attached hydrogens (tertiary/aromatic N) is 1. The van der Waals surface area contributed by atoms with Crippen molar-refractivity contribution in [3.05, 3.63) is 22.8 Å². The predicted molar refractivity (Wildman–Crippen MR) is 76.8 cm³/mol. The maximum absolute atomic E-state index is 12.0. The van der Waals surface area contributed by atoms with E-state index in [9.17, 15) is 4.79 Å². The number of hydrogen-bond donors (Lipinski definition) is 2. The van der Waals surface area contributed by atoms with Crippen molar-refractivity contribution in [3.8, 4) is 0 Å².